The first-order chi connectivity index (χ1) is 7.52. The molecular formula is C9H9NO5S. The Labute approximate surface area is 94.1 Å². The van der Waals surface area contributed by atoms with Gasteiger partial charge in [0, 0.05) is 18.7 Å². The molecule has 0 aliphatic rings. The van der Waals surface area contributed by atoms with Crippen LogP contribution in [0.4, 0.5) is 5.69 Å². The predicted octanol–water partition coefficient (Wildman–Crippen LogP) is 0.973. The Balaban J connectivity index is 3.05. The highest BCUT2D eigenvalue weighted by molar-refractivity contribution is 7.74. The molecule has 0 bridgehead atoms. The van der Waals surface area contributed by atoms with Gasteiger partial charge in [-0.25, -0.2) is 0 Å². The molecule has 1 aromatic rings. The fourth-order valence-electron chi connectivity index (χ4n) is 1.06. The van der Waals surface area contributed by atoms with Crippen molar-refractivity contribution in [2.45, 2.75) is 6.92 Å². The first-order valence-electron chi connectivity index (χ1n) is 4.19. The number of aldehydes is 1. The average Bonchev–Trinajstić information content (AvgIpc) is 2.16. The van der Waals surface area contributed by atoms with E-state index in [1.165, 1.54) is 25.1 Å². The molecule has 1 unspecified atom stereocenters. The number of benzene rings is 1. The van der Waals surface area contributed by atoms with Crippen LogP contribution in [0.25, 0.3) is 0 Å². The SMILES string of the molecule is CC(=O)Nc1ccc(C=O)c(OS(=O)O)c1. The smallest absolute Gasteiger partial charge is 0.357 e. The van der Waals surface area contributed by atoms with E-state index in [0.717, 1.165) is 0 Å². The Morgan fingerprint density at radius 3 is 2.75 bits per heavy atom. The number of carbonyl (C=O) groups excluding carboxylic acids is 2. The number of anilines is 1. The van der Waals surface area contributed by atoms with Crippen molar-refractivity contribution in [3.8, 4) is 5.75 Å². The number of rotatable bonds is 4. The lowest BCUT2D eigenvalue weighted by molar-refractivity contribution is -0.114. The number of hydrogen-bond acceptors (Lipinski definition) is 4. The van der Waals surface area contributed by atoms with Gasteiger partial charge in [0.25, 0.3) is 0 Å². The van der Waals surface area contributed by atoms with Crippen LogP contribution < -0.4 is 9.50 Å². The quantitative estimate of drug-likeness (QED) is 0.607. The fourth-order valence-corrected chi connectivity index (χ4v) is 1.36. The molecule has 6 nitrogen and oxygen atoms in total. The number of hydrogen-bond donors (Lipinski definition) is 2. The number of carbonyl (C=O) groups is 2. The van der Waals surface area contributed by atoms with Crippen LogP contribution in [0, 0.1) is 0 Å². The zero-order chi connectivity index (χ0) is 12.1. The van der Waals surface area contributed by atoms with Crippen LogP contribution in [-0.4, -0.2) is 21.0 Å². The summed E-state index contributed by atoms with van der Waals surface area (Å²) in [5.74, 6) is -0.364. The molecule has 0 heterocycles. The minimum Gasteiger partial charge on any atom is -0.379 e. The Bertz CT molecular complexity index is 446. The summed E-state index contributed by atoms with van der Waals surface area (Å²) in [7, 11) is 0. The van der Waals surface area contributed by atoms with E-state index in [2.05, 4.69) is 9.50 Å². The third kappa shape index (κ3) is 3.44. The van der Waals surface area contributed by atoms with Crippen molar-refractivity contribution in [3.05, 3.63) is 23.8 Å². The van der Waals surface area contributed by atoms with Gasteiger partial charge in [-0.1, -0.05) is 0 Å². The van der Waals surface area contributed by atoms with Gasteiger partial charge in [-0.15, -0.1) is 0 Å². The summed E-state index contributed by atoms with van der Waals surface area (Å²) in [6, 6.07) is 4.15. The standard InChI is InChI=1S/C9H9NO5S/c1-6(12)10-8-3-2-7(5-11)9(4-8)15-16(13)14/h2-5H,1H3,(H,10,12)(H,13,14). The number of amides is 1. The maximum Gasteiger partial charge on any atom is 0.357 e. The van der Waals surface area contributed by atoms with Crippen molar-refractivity contribution in [3.63, 3.8) is 0 Å². The molecule has 0 spiro atoms. The van der Waals surface area contributed by atoms with Crippen LogP contribution >= 0.6 is 0 Å². The molecule has 1 rings (SSSR count). The van der Waals surface area contributed by atoms with Crippen LogP contribution in [0.15, 0.2) is 18.2 Å². The van der Waals surface area contributed by atoms with Crippen molar-refractivity contribution >= 4 is 29.2 Å². The summed E-state index contributed by atoms with van der Waals surface area (Å²) in [6.07, 6.45) is 0.486. The van der Waals surface area contributed by atoms with Crippen LogP contribution in [0.5, 0.6) is 5.75 Å². The normalized spacial score (nSPS) is 11.6. The fraction of sp³-hybridized carbons (Fsp3) is 0.111. The van der Waals surface area contributed by atoms with Crippen LogP contribution in [0.3, 0.4) is 0 Å². The van der Waals surface area contributed by atoms with E-state index >= 15 is 0 Å². The summed E-state index contributed by atoms with van der Waals surface area (Å²) >= 11 is -2.52. The second-order valence-electron chi connectivity index (χ2n) is 2.85. The Kier molecular flexibility index (Phi) is 4.15. The van der Waals surface area contributed by atoms with E-state index < -0.39 is 11.4 Å². The minimum absolute atomic E-state index is 0.0675. The molecule has 16 heavy (non-hydrogen) atoms. The van der Waals surface area contributed by atoms with E-state index in [9.17, 15) is 13.8 Å². The first-order valence-corrected chi connectivity index (χ1v) is 5.22. The van der Waals surface area contributed by atoms with Gasteiger partial charge in [-0.05, 0) is 12.1 Å². The zero-order valence-corrected chi connectivity index (χ0v) is 9.11. The molecular weight excluding hydrogens is 234 g/mol. The second kappa shape index (κ2) is 5.38. The maximum atomic E-state index is 10.8. The van der Waals surface area contributed by atoms with Gasteiger partial charge in [0.05, 0.1) is 5.56 Å². The first kappa shape index (κ1) is 12.3. The Morgan fingerprint density at radius 2 is 2.25 bits per heavy atom. The maximum absolute atomic E-state index is 10.8. The Morgan fingerprint density at radius 1 is 1.56 bits per heavy atom. The topological polar surface area (TPSA) is 92.7 Å². The van der Waals surface area contributed by atoms with E-state index in [-0.39, 0.29) is 17.2 Å². The van der Waals surface area contributed by atoms with E-state index in [0.29, 0.717) is 12.0 Å². The van der Waals surface area contributed by atoms with Crippen LogP contribution in [0.2, 0.25) is 0 Å². The largest absolute Gasteiger partial charge is 0.379 e. The highest BCUT2D eigenvalue weighted by atomic mass is 32.2. The molecule has 0 fully saturated rings. The van der Waals surface area contributed by atoms with E-state index in [1.807, 2.05) is 0 Å². The van der Waals surface area contributed by atoms with Gasteiger partial charge < -0.3 is 9.50 Å². The van der Waals surface area contributed by atoms with Crippen molar-refractivity contribution in [2.75, 3.05) is 5.32 Å². The Hall–Kier alpha value is -1.73. The monoisotopic (exact) mass is 243 g/mol. The van der Waals surface area contributed by atoms with Crippen LogP contribution in [-0.2, 0) is 16.2 Å². The molecule has 0 radical (unpaired) electrons. The second-order valence-corrected chi connectivity index (χ2v) is 3.45. The summed E-state index contributed by atoms with van der Waals surface area (Å²) in [4.78, 5) is 21.4. The molecule has 0 aliphatic carbocycles. The molecule has 7 heteroatoms. The minimum atomic E-state index is -2.52. The average molecular weight is 243 g/mol. The molecule has 1 aromatic carbocycles. The van der Waals surface area contributed by atoms with Crippen LogP contribution in [0.1, 0.15) is 17.3 Å². The molecule has 0 aliphatic heterocycles. The van der Waals surface area contributed by atoms with Gasteiger partial charge in [0.2, 0.25) is 5.91 Å². The highest BCUT2D eigenvalue weighted by Gasteiger charge is 2.08. The van der Waals surface area contributed by atoms with E-state index in [1.54, 1.807) is 0 Å². The van der Waals surface area contributed by atoms with E-state index in [4.69, 9.17) is 4.55 Å². The lowest BCUT2D eigenvalue weighted by atomic mass is 10.2. The molecule has 0 saturated carbocycles. The predicted molar refractivity (Wildman–Crippen MR) is 57.5 cm³/mol. The van der Waals surface area contributed by atoms with Crippen molar-refractivity contribution in [2.24, 2.45) is 0 Å². The highest BCUT2D eigenvalue weighted by Crippen LogP contribution is 2.22. The third-order valence-electron chi connectivity index (χ3n) is 1.62. The molecule has 86 valence electrons. The molecule has 2 N–H and O–H groups in total. The van der Waals surface area contributed by atoms with Crippen molar-refractivity contribution < 1.29 is 22.5 Å². The summed E-state index contributed by atoms with van der Waals surface area (Å²) in [5.41, 5.74) is 0.495. The lowest BCUT2D eigenvalue weighted by Gasteiger charge is -2.06. The van der Waals surface area contributed by atoms with Gasteiger partial charge in [-0.3, -0.25) is 14.1 Å². The molecule has 1 amide bonds. The van der Waals surface area contributed by atoms with Gasteiger partial charge >= 0.3 is 11.4 Å². The van der Waals surface area contributed by atoms with Gasteiger partial charge in [-0.2, -0.15) is 4.21 Å². The third-order valence-corrected chi connectivity index (χ3v) is 1.94. The summed E-state index contributed by atoms with van der Waals surface area (Å²) < 4.78 is 23.5. The zero-order valence-electron chi connectivity index (χ0n) is 8.30. The molecule has 0 saturated heterocycles. The summed E-state index contributed by atoms with van der Waals surface area (Å²) in [6.45, 7) is 1.32. The summed E-state index contributed by atoms with van der Waals surface area (Å²) in [5, 5.41) is 2.45. The number of nitrogens with one attached hydrogen (secondary N) is 1. The lowest BCUT2D eigenvalue weighted by Crippen LogP contribution is -2.07. The molecule has 0 aromatic heterocycles. The van der Waals surface area contributed by atoms with Gasteiger partial charge in [0.15, 0.2) is 12.0 Å². The van der Waals surface area contributed by atoms with Crippen molar-refractivity contribution in [1.29, 1.82) is 0 Å². The van der Waals surface area contributed by atoms with Gasteiger partial charge in [0.1, 0.15) is 0 Å². The van der Waals surface area contributed by atoms with Crippen molar-refractivity contribution in [1.82, 2.24) is 0 Å². The molecule has 1 atom stereocenters.